The van der Waals surface area contributed by atoms with Gasteiger partial charge in [0, 0.05) is 10.3 Å². The molecule has 1 aromatic heterocycles. The van der Waals surface area contributed by atoms with Crippen molar-refractivity contribution in [1.82, 2.24) is 0 Å². The fourth-order valence-corrected chi connectivity index (χ4v) is 4.60. The van der Waals surface area contributed by atoms with Crippen LogP contribution in [0.3, 0.4) is 0 Å². The summed E-state index contributed by atoms with van der Waals surface area (Å²) in [6.45, 7) is 0. The summed E-state index contributed by atoms with van der Waals surface area (Å²) >= 11 is 1.78. The molecular weight excluding hydrogens is 324 g/mol. The van der Waals surface area contributed by atoms with Gasteiger partial charge in [0.25, 0.3) is 0 Å². The third-order valence-corrected chi connectivity index (χ3v) is 6.14. The average Bonchev–Trinajstić information content (AvgIpc) is 3.32. The number of hydrogen-bond donors (Lipinski definition) is 0. The molecule has 0 amide bonds. The van der Waals surface area contributed by atoms with Crippen molar-refractivity contribution in [2.45, 2.75) is 32.1 Å². The molecule has 0 aliphatic heterocycles. The topological polar surface area (TPSA) is 9.23 Å². The van der Waals surface area contributed by atoms with Gasteiger partial charge in [-0.1, -0.05) is 50.0 Å². The van der Waals surface area contributed by atoms with E-state index in [0.29, 0.717) is 0 Å². The van der Waals surface area contributed by atoms with E-state index in [9.17, 15) is 0 Å². The molecule has 0 bridgehead atoms. The molecule has 0 saturated heterocycles. The lowest BCUT2D eigenvalue weighted by Crippen LogP contribution is -1.90. The monoisotopic (exact) mass is 348 g/mol. The molecule has 0 radical (unpaired) electrons. The molecule has 0 N–H and O–H groups in total. The summed E-state index contributed by atoms with van der Waals surface area (Å²) in [6, 6.07) is 15.3. The fourth-order valence-electron chi connectivity index (χ4n) is 3.83. The molecule has 1 nitrogen and oxygen atoms in total. The van der Waals surface area contributed by atoms with E-state index in [-0.39, 0.29) is 0 Å². The van der Waals surface area contributed by atoms with Crippen LogP contribution in [0.2, 0.25) is 0 Å². The Balaban J connectivity index is 1.62. The number of ether oxygens (including phenoxy) is 1. The minimum atomic E-state index is 0.898. The first-order valence-corrected chi connectivity index (χ1v) is 10.0. The lowest BCUT2D eigenvalue weighted by molar-refractivity contribution is 0.416. The van der Waals surface area contributed by atoms with Crippen LogP contribution in [0.4, 0.5) is 0 Å². The highest BCUT2D eigenvalue weighted by atomic mass is 32.1. The number of thiophene rings is 1. The largest absolute Gasteiger partial charge is 0.496 e. The lowest BCUT2D eigenvalue weighted by Gasteiger charge is -2.10. The summed E-state index contributed by atoms with van der Waals surface area (Å²) in [4.78, 5) is 0. The molecule has 1 aliphatic rings. The molecule has 1 saturated carbocycles. The van der Waals surface area contributed by atoms with Gasteiger partial charge in [-0.15, -0.1) is 11.3 Å². The smallest absolute Gasteiger partial charge is 0.126 e. The number of fused-ring (bicyclic) bond motifs is 1. The lowest BCUT2D eigenvalue weighted by atomic mass is 9.99. The Morgan fingerprint density at radius 2 is 1.96 bits per heavy atom. The highest BCUT2D eigenvalue weighted by molar-refractivity contribution is 7.17. The number of benzene rings is 2. The van der Waals surface area contributed by atoms with Crippen LogP contribution in [0.1, 0.15) is 37.7 Å². The minimum absolute atomic E-state index is 0.898. The Labute approximate surface area is 154 Å². The molecule has 0 atom stereocenters. The first-order chi connectivity index (χ1) is 12.3. The van der Waals surface area contributed by atoms with Gasteiger partial charge < -0.3 is 4.74 Å². The van der Waals surface area contributed by atoms with Crippen molar-refractivity contribution < 1.29 is 4.74 Å². The van der Waals surface area contributed by atoms with E-state index >= 15 is 0 Å². The van der Waals surface area contributed by atoms with Crippen molar-refractivity contribution in [3.05, 3.63) is 59.5 Å². The highest BCUT2D eigenvalue weighted by Crippen LogP contribution is 2.34. The second-order valence-corrected chi connectivity index (χ2v) is 7.87. The molecule has 1 heterocycles. The van der Waals surface area contributed by atoms with E-state index in [1.807, 2.05) is 0 Å². The zero-order valence-corrected chi connectivity index (χ0v) is 15.5. The molecule has 2 aromatic carbocycles. The van der Waals surface area contributed by atoms with Gasteiger partial charge in [-0.3, -0.25) is 0 Å². The third-order valence-electron chi connectivity index (χ3n) is 5.24. The van der Waals surface area contributed by atoms with Crippen molar-refractivity contribution in [1.29, 1.82) is 0 Å². The number of hydrogen-bond acceptors (Lipinski definition) is 2. The van der Waals surface area contributed by atoms with Crippen molar-refractivity contribution in [2.24, 2.45) is 5.92 Å². The van der Waals surface area contributed by atoms with E-state index < -0.39 is 0 Å². The van der Waals surface area contributed by atoms with Crippen molar-refractivity contribution in [2.75, 3.05) is 7.11 Å². The van der Waals surface area contributed by atoms with Gasteiger partial charge >= 0.3 is 0 Å². The van der Waals surface area contributed by atoms with E-state index in [1.54, 1.807) is 18.4 Å². The number of allylic oxidation sites excluding steroid dienone is 1. The van der Waals surface area contributed by atoms with Gasteiger partial charge in [-0.05, 0) is 64.6 Å². The molecule has 0 spiro atoms. The molecule has 4 rings (SSSR count). The number of rotatable bonds is 5. The average molecular weight is 349 g/mol. The second kappa shape index (κ2) is 7.45. The Morgan fingerprint density at radius 3 is 2.80 bits per heavy atom. The van der Waals surface area contributed by atoms with Gasteiger partial charge in [-0.25, -0.2) is 0 Å². The zero-order valence-electron chi connectivity index (χ0n) is 14.7. The minimum Gasteiger partial charge on any atom is -0.496 e. The predicted molar refractivity (Wildman–Crippen MR) is 109 cm³/mol. The van der Waals surface area contributed by atoms with Crippen LogP contribution in [0, 0.1) is 5.92 Å². The Hall–Kier alpha value is -2.06. The molecule has 1 aliphatic carbocycles. The van der Waals surface area contributed by atoms with Crippen molar-refractivity contribution in [3.63, 3.8) is 0 Å². The summed E-state index contributed by atoms with van der Waals surface area (Å²) in [7, 11) is 1.75. The highest BCUT2D eigenvalue weighted by Gasteiger charge is 2.13. The van der Waals surface area contributed by atoms with Crippen LogP contribution < -0.4 is 4.74 Å². The van der Waals surface area contributed by atoms with E-state index in [2.05, 4.69) is 60.0 Å². The Morgan fingerprint density at radius 1 is 1.08 bits per heavy atom. The molecule has 128 valence electrons. The van der Waals surface area contributed by atoms with E-state index in [1.165, 1.54) is 58.9 Å². The van der Waals surface area contributed by atoms with Crippen LogP contribution in [0.5, 0.6) is 5.75 Å². The maximum absolute atomic E-state index is 5.61. The van der Waals surface area contributed by atoms with Gasteiger partial charge in [0.05, 0.1) is 7.11 Å². The number of methoxy groups -OCH3 is 1. The molecule has 1 fully saturated rings. The standard InChI is InChI=1S/C23H24OS/c1-24-22-11-9-18(8-4-7-17-5-2-3-6-17)15-21(22)19-10-12-23-20(16-19)13-14-25-23/h4,8-17H,2-3,5-7H2,1H3/b8-4-. The van der Waals surface area contributed by atoms with Crippen molar-refractivity contribution in [3.8, 4) is 16.9 Å². The fraction of sp³-hybridized carbons (Fsp3) is 0.304. The zero-order chi connectivity index (χ0) is 17.1. The quantitative estimate of drug-likeness (QED) is 0.475. The summed E-state index contributed by atoms with van der Waals surface area (Å²) in [5.41, 5.74) is 3.63. The SMILES string of the molecule is COc1ccc(/C=C\CC2CCCC2)cc1-c1ccc2sccc2c1. The molecule has 2 heteroatoms. The third kappa shape index (κ3) is 3.64. The van der Waals surface area contributed by atoms with Crippen LogP contribution in [0.25, 0.3) is 27.3 Å². The molecule has 25 heavy (non-hydrogen) atoms. The van der Waals surface area contributed by atoms with Gasteiger partial charge in [0.2, 0.25) is 0 Å². The second-order valence-electron chi connectivity index (χ2n) is 6.92. The summed E-state index contributed by atoms with van der Waals surface area (Å²) < 4.78 is 6.94. The first kappa shape index (κ1) is 16.4. The summed E-state index contributed by atoms with van der Waals surface area (Å²) in [6.07, 6.45) is 11.5. The van der Waals surface area contributed by atoms with Gasteiger partial charge in [0.1, 0.15) is 5.75 Å². The van der Waals surface area contributed by atoms with Gasteiger partial charge in [-0.2, -0.15) is 0 Å². The van der Waals surface area contributed by atoms with Crippen LogP contribution >= 0.6 is 11.3 Å². The summed E-state index contributed by atoms with van der Waals surface area (Å²) in [5, 5.41) is 3.44. The van der Waals surface area contributed by atoms with E-state index in [4.69, 9.17) is 4.74 Å². The Kier molecular flexibility index (Phi) is 4.89. The summed E-state index contributed by atoms with van der Waals surface area (Å²) in [5.74, 6) is 1.83. The molecule has 0 unspecified atom stereocenters. The van der Waals surface area contributed by atoms with E-state index in [0.717, 1.165) is 11.7 Å². The maximum Gasteiger partial charge on any atom is 0.126 e. The van der Waals surface area contributed by atoms with Crippen LogP contribution in [-0.2, 0) is 0 Å². The molecular formula is C23H24OS. The predicted octanol–water partition coefficient (Wildman–Crippen LogP) is 7.17. The van der Waals surface area contributed by atoms with Gasteiger partial charge in [0.15, 0.2) is 0 Å². The van der Waals surface area contributed by atoms with Crippen molar-refractivity contribution >= 4 is 27.5 Å². The Bertz CT molecular complexity index is 884. The van der Waals surface area contributed by atoms with Crippen LogP contribution in [0.15, 0.2) is 53.9 Å². The first-order valence-electron chi connectivity index (χ1n) is 9.16. The van der Waals surface area contributed by atoms with Crippen LogP contribution in [-0.4, -0.2) is 7.11 Å². The maximum atomic E-state index is 5.61. The normalized spacial score (nSPS) is 15.4. The molecule has 3 aromatic rings.